The maximum Gasteiger partial charge on any atom is 0.334 e. The summed E-state index contributed by atoms with van der Waals surface area (Å²) in [6.07, 6.45) is 3.19. The highest BCUT2D eigenvalue weighted by molar-refractivity contribution is 6.45. The van der Waals surface area contributed by atoms with E-state index < -0.39 is 30.3 Å². The minimum atomic E-state index is -0.976. The summed E-state index contributed by atoms with van der Waals surface area (Å²) in [5.41, 5.74) is 0.334. The second kappa shape index (κ2) is 7.01. The van der Waals surface area contributed by atoms with Crippen LogP contribution in [0.5, 0.6) is 0 Å². The van der Waals surface area contributed by atoms with Gasteiger partial charge in [0.15, 0.2) is 0 Å². The van der Waals surface area contributed by atoms with Crippen molar-refractivity contribution >= 4 is 52.6 Å². The van der Waals surface area contributed by atoms with Crippen molar-refractivity contribution in [1.82, 2.24) is 9.80 Å². The largest absolute Gasteiger partial charge is 0.334 e. The zero-order chi connectivity index (χ0) is 18.1. The standard InChI is InChI=1S/C16H15Cl2N3O4/c17-9-5-10(18)7-11(6-9)19-13(22)8-20-14(23)15(24)21(16(20)25)12-3-1-2-4-12/h5-7,12H,1-4,8H2,(H,19,22). The smallest absolute Gasteiger partial charge is 0.324 e. The van der Waals surface area contributed by atoms with Crippen molar-refractivity contribution in [3.63, 3.8) is 0 Å². The van der Waals surface area contributed by atoms with Crippen LogP contribution in [-0.2, 0) is 14.4 Å². The van der Waals surface area contributed by atoms with Gasteiger partial charge in [0.2, 0.25) is 5.91 Å². The maximum atomic E-state index is 12.4. The number of hydrogen-bond acceptors (Lipinski definition) is 4. The van der Waals surface area contributed by atoms with Crippen LogP contribution >= 0.6 is 23.2 Å². The number of nitrogens with zero attached hydrogens (tertiary/aromatic N) is 2. The number of hydrogen-bond donors (Lipinski definition) is 1. The Labute approximate surface area is 153 Å². The monoisotopic (exact) mass is 383 g/mol. The predicted molar refractivity (Wildman–Crippen MR) is 91.3 cm³/mol. The van der Waals surface area contributed by atoms with Gasteiger partial charge in [0.1, 0.15) is 6.54 Å². The maximum absolute atomic E-state index is 12.4. The Morgan fingerprint density at radius 3 is 2.24 bits per heavy atom. The molecule has 132 valence electrons. The van der Waals surface area contributed by atoms with Gasteiger partial charge < -0.3 is 5.32 Å². The average Bonchev–Trinajstić information content (AvgIpc) is 3.10. The molecule has 0 aromatic heterocycles. The average molecular weight is 384 g/mol. The zero-order valence-electron chi connectivity index (χ0n) is 13.1. The molecule has 1 N–H and O–H groups in total. The third kappa shape index (κ3) is 3.62. The number of anilines is 1. The van der Waals surface area contributed by atoms with Gasteiger partial charge in [-0.25, -0.2) is 9.69 Å². The molecule has 0 spiro atoms. The fraction of sp³-hybridized carbons (Fsp3) is 0.375. The van der Waals surface area contributed by atoms with Crippen molar-refractivity contribution in [2.45, 2.75) is 31.7 Å². The Balaban J connectivity index is 1.69. The summed E-state index contributed by atoms with van der Waals surface area (Å²) in [5, 5.41) is 3.17. The Kier molecular flexibility index (Phi) is 4.96. The number of carbonyl (C=O) groups excluding carboxylic acids is 4. The van der Waals surface area contributed by atoms with Crippen LogP contribution in [0.3, 0.4) is 0 Å². The first-order chi connectivity index (χ1) is 11.9. The van der Waals surface area contributed by atoms with Crippen LogP contribution in [0.1, 0.15) is 25.7 Å². The summed E-state index contributed by atoms with van der Waals surface area (Å²) in [6.45, 7) is -0.545. The number of benzene rings is 1. The van der Waals surface area contributed by atoms with Gasteiger partial charge in [-0.05, 0) is 31.0 Å². The molecular formula is C16H15Cl2N3O4. The van der Waals surface area contributed by atoms with E-state index in [1.165, 1.54) is 18.2 Å². The third-order valence-corrected chi connectivity index (χ3v) is 4.66. The number of halogens is 2. The van der Waals surface area contributed by atoms with E-state index in [-0.39, 0.29) is 6.04 Å². The SMILES string of the molecule is O=C(CN1C(=O)C(=O)N(C2CCCC2)C1=O)Nc1cc(Cl)cc(Cl)c1. The number of amides is 5. The van der Waals surface area contributed by atoms with Gasteiger partial charge in [0.25, 0.3) is 0 Å². The third-order valence-electron chi connectivity index (χ3n) is 4.22. The molecule has 9 heteroatoms. The molecule has 0 atom stereocenters. The van der Waals surface area contributed by atoms with Crippen molar-refractivity contribution in [3.8, 4) is 0 Å². The van der Waals surface area contributed by atoms with Crippen molar-refractivity contribution in [3.05, 3.63) is 28.2 Å². The van der Waals surface area contributed by atoms with Gasteiger partial charge in [-0.3, -0.25) is 19.3 Å². The molecule has 2 fully saturated rings. The number of carbonyl (C=O) groups is 4. The summed E-state index contributed by atoms with van der Waals surface area (Å²) in [4.78, 5) is 50.4. The topological polar surface area (TPSA) is 86.8 Å². The van der Waals surface area contributed by atoms with Crippen molar-refractivity contribution in [1.29, 1.82) is 0 Å². The fourth-order valence-electron chi connectivity index (χ4n) is 3.12. The minimum absolute atomic E-state index is 0.260. The Hall–Kier alpha value is -2.12. The van der Waals surface area contributed by atoms with E-state index >= 15 is 0 Å². The quantitative estimate of drug-likeness (QED) is 0.639. The van der Waals surface area contributed by atoms with Crippen molar-refractivity contribution in [2.75, 3.05) is 11.9 Å². The molecule has 7 nitrogen and oxygen atoms in total. The summed E-state index contributed by atoms with van der Waals surface area (Å²) < 4.78 is 0. The van der Waals surface area contributed by atoms with Gasteiger partial charge in [0.05, 0.1) is 0 Å². The summed E-state index contributed by atoms with van der Waals surface area (Å²) in [7, 11) is 0. The van der Waals surface area contributed by atoms with E-state index in [1.54, 1.807) is 0 Å². The molecule has 1 heterocycles. The predicted octanol–water partition coefficient (Wildman–Crippen LogP) is 2.67. The van der Waals surface area contributed by atoms with Crippen LogP contribution in [0.25, 0.3) is 0 Å². The van der Waals surface area contributed by atoms with Gasteiger partial charge in [-0.15, -0.1) is 0 Å². The van der Waals surface area contributed by atoms with E-state index in [4.69, 9.17) is 23.2 Å². The summed E-state index contributed by atoms with van der Waals surface area (Å²) in [5.74, 6) is -2.47. The van der Waals surface area contributed by atoms with Gasteiger partial charge in [0, 0.05) is 21.8 Å². The first kappa shape index (κ1) is 17.7. The van der Waals surface area contributed by atoms with Gasteiger partial charge in [-0.2, -0.15) is 0 Å². The van der Waals surface area contributed by atoms with E-state index in [0.717, 1.165) is 17.7 Å². The van der Waals surface area contributed by atoms with Crippen LogP contribution in [0.2, 0.25) is 10.0 Å². The van der Waals surface area contributed by atoms with Crippen LogP contribution in [0.15, 0.2) is 18.2 Å². The van der Waals surface area contributed by atoms with E-state index in [9.17, 15) is 19.2 Å². The second-order valence-corrected chi connectivity index (χ2v) is 6.87. The molecule has 1 saturated heterocycles. The summed E-state index contributed by atoms with van der Waals surface area (Å²) >= 11 is 11.7. The van der Waals surface area contributed by atoms with Crippen molar-refractivity contribution < 1.29 is 19.2 Å². The summed E-state index contributed by atoms with van der Waals surface area (Å²) in [6, 6.07) is 3.47. The molecule has 1 aliphatic heterocycles. The molecule has 0 radical (unpaired) electrons. The molecule has 1 saturated carbocycles. The van der Waals surface area contributed by atoms with Crippen LogP contribution in [0, 0.1) is 0 Å². The first-order valence-electron chi connectivity index (χ1n) is 7.82. The molecule has 1 aliphatic carbocycles. The Morgan fingerprint density at radius 2 is 1.64 bits per heavy atom. The Bertz CT molecular complexity index is 741. The molecule has 2 aliphatic rings. The first-order valence-corrected chi connectivity index (χ1v) is 8.57. The minimum Gasteiger partial charge on any atom is -0.324 e. The molecule has 1 aromatic rings. The molecule has 0 unspecified atom stereocenters. The number of rotatable bonds is 4. The number of urea groups is 1. The number of nitrogens with one attached hydrogen (secondary N) is 1. The molecule has 1 aromatic carbocycles. The number of imide groups is 2. The molecule has 0 bridgehead atoms. The lowest BCUT2D eigenvalue weighted by atomic mass is 10.2. The van der Waals surface area contributed by atoms with E-state index in [0.29, 0.717) is 33.5 Å². The van der Waals surface area contributed by atoms with Crippen LogP contribution < -0.4 is 5.32 Å². The molecule has 25 heavy (non-hydrogen) atoms. The zero-order valence-corrected chi connectivity index (χ0v) is 14.6. The second-order valence-electron chi connectivity index (χ2n) is 5.99. The highest BCUT2D eigenvalue weighted by Gasteiger charge is 2.48. The highest BCUT2D eigenvalue weighted by atomic mass is 35.5. The lowest BCUT2D eigenvalue weighted by Gasteiger charge is -2.20. The highest BCUT2D eigenvalue weighted by Crippen LogP contribution is 2.28. The van der Waals surface area contributed by atoms with E-state index in [2.05, 4.69) is 5.32 Å². The normalized spacial score (nSPS) is 18.4. The molecule has 3 rings (SSSR count). The Morgan fingerprint density at radius 1 is 1.04 bits per heavy atom. The molecule has 5 amide bonds. The lowest BCUT2D eigenvalue weighted by Crippen LogP contribution is -2.41. The van der Waals surface area contributed by atoms with Gasteiger partial charge in [-0.1, -0.05) is 36.0 Å². The van der Waals surface area contributed by atoms with E-state index in [1.807, 2.05) is 0 Å². The molecular weight excluding hydrogens is 369 g/mol. The van der Waals surface area contributed by atoms with Crippen molar-refractivity contribution in [2.24, 2.45) is 0 Å². The lowest BCUT2D eigenvalue weighted by molar-refractivity contribution is -0.144. The van der Waals surface area contributed by atoms with Gasteiger partial charge >= 0.3 is 17.8 Å². The fourth-order valence-corrected chi connectivity index (χ4v) is 3.64. The van der Waals surface area contributed by atoms with Crippen LogP contribution in [0.4, 0.5) is 10.5 Å². The van der Waals surface area contributed by atoms with Crippen LogP contribution in [-0.4, -0.2) is 46.1 Å².